The van der Waals surface area contributed by atoms with Gasteiger partial charge in [-0.1, -0.05) is 0 Å². The van der Waals surface area contributed by atoms with E-state index in [0.717, 1.165) is 57.1 Å². The van der Waals surface area contributed by atoms with Gasteiger partial charge in [0.2, 0.25) is 0 Å². The van der Waals surface area contributed by atoms with Gasteiger partial charge in [0.05, 0.1) is 6.04 Å². The van der Waals surface area contributed by atoms with Crippen molar-refractivity contribution in [3.63, 3.8) is 0 Å². The van der Waals surface area contributed by atoms with Crippen LogP contribution in [-0.2, 0) is 0 Å². The summed E-state index contributed by atoms with van der Waals surface area (Å²) in [6.45, 7) is 2.41. The average molecular weight is 317 g/mol. The fraction of sp³-hybridized carbons (Fsp3) is 0.812. The standard InChI is InChI=1S/C16H23N5O2/c22-15-17-14(11-1-2-11)18-21(15)12-3-5-19(6-4-12)16(23)20-9-10-7-13(20)8-10/h10-13H,1-9H2,(H,17,18,22). The summed E-state index contributed by atoms with van der Waals surface area (Å²) in [6, 6.07) is 0.837. The Morgan fingerprint density at radius 3 is 2.43 bits per heavy atom. The highest BCUT2D eigenvalue weighted by Gasteiger charge is 2.46. The molecular formula is C16H23N5O2. The molecule has 2 amide bonds. The maximum Gasteiger partial charge on any atom is 0.343 e. The summed E-state index contributed by atoms with van der Waals surface area (Å²) in [5.41, 5.74) is -0.0861. The van der Waals surface area contributed by atoms with E-state index in [1.165, 1.54) is 12.8 Å². The summed E-state index contributed by atoms with van der Waals surface area (Å²) in [5, 5.41) is 4.50. The van der Waals surface area contributed by atoms with Crippen molar-refractivity contribution in [3.8, 4) is 0 Å². The van der Waals surface area contributed by atoms with Crippen LogP contribution in [-0.4, -0.2) is 56.3 Å². The van der Waals surface area contributed by atoms with E-state index in [1.54, 1.807) is 4.68 Å². The van der Waals surface area contributed by atoms with Crippen LogP contribution in [0.5, 0.6) is 0 Å². The van der Waals surface area contributed by atoms with E-state index in [4.69, 9.17) is 0 Å². The van der Waals surface area contributed by atoms with Gasteiger partial charge < -0.3 is 9.80 Å². The van der Waals surface area contributed by atoms with Gasteiger partial charge >= 0.3 is 11.7 Å². The molecule has 4 heterocycles. The summed E-state index contributed by atoms with van der Waals surface area (Å²) in [6.07, 6.45) is 6.32. The van der Waals surface area contributed by atoms with Crippen LogP contribution in [0.3, 0.4) is 0 Å². The Morgan fingerprint density at radius 2 is 1.83 bits per heavy atom. The lowest BCUT2D eigenvalue weighted by atomic mass is 9.86. The number of aromatic nitrogens is 3. The summed E-state index contributed by atoms with van der Waals surface area (Å²) in [4.78, 5) is 31.6. The fourth-order valence-corrected chi connectivity index (χ4v) is 4.39. The Labute approximate surface area is 134 Å². The first-order valence-corrected chi connectivity index (χ1v) is 8.93. The molecule has 1 aromatic rings. The molecule has 5 fully saturated rings. The van der Waals surface area contributed by atoms with Crippen LogP contribution >= 0.6 is 0 Å². The number of hydrogen-bond acceptors (Lipinski definition) is 3. The van der Waals surface area contributed by atoms with Crippen molar-refractivity contribution >= 4 is 6.03 Å². The molecule has 7 nitrogen and oxygen atoms in total. The monoisotopic (exact) mass is 317 g/mol. The first kappa shape index (κ1) is 13.6. The zero-order chi connectivity index (χ0) is 15.6. The molecule has 1 aromatic heterocycles. The quantitative estimate of drug-likeness (QED) is 0.893. The minimum absolute atomic E-state index is 0.0861. The van der Waals surface area contributed by atoms with Crippen LogP contribution < -0.4 is 5.69 Å². The van der Waals surface area contributed by atoms with Crippen molar-refractivity contribution < 1.29 is 4.79 Å². The van der Waals surface area contributed by atoms with Crippen LogP contribution in [0.25, 0.3) is 0 Å². The van der Waals surface area contributed by atoms with Gasteiger partial charge in [0, 0.05) is 31.6 Å². The van der Waals surface area contributed by atoms with Gasteiger partial charge in [-0.05, 0) is 44.4 Å². The maximum atomic E-state index is 12.6. The summed E-state index contributed by atoms with van der Waals surface area (Å²) in [7, 11) is 0. The number of H-pyrrole nitrogens is 1. The number of rotatable bonds is 2. The second-order valence-corrected chi connectivity index (χ2v) is 7.68. The Kier molecular flexibility index (Phi) is 2.87. The van der Waals surface area contributed by atoms with Crippen molar-refractivity contribution in [1.82, 2.24) is 24.6 Å². The van der Waals surface area contributed by atoms with Gasteiger partial charge in [-0.25, -0.2) is 14.3 Å². The third-order valence-corrected chi connectivity index (χ3v) is 6.06. The summed E-state index contributed by atoms with van der Waals surface area (Å²) < 4.78 is 1.63. The predicted octanol–water partition coefficient (Wildman–Crippen LogP) is 1.30. The van der Waals surface area contributed by atoms with Crippen molar-refractivity contribution in [2.24, 2.45) is 5.92 Å². The molecule has 7 heteroatoms. The molecule has 124 valence electrons. The Morgan fingerprint density at radius 1 is 1.09 bits per heavy atom. The van der Waals surface area contributed by atoms with Gasteiger partial charge in [0.15, 0.2) is 0 Å². The fourth-order valence-electron chi connectivity index (χ4n) is 4.39. The molecule has 0 radical (unpaired) electrons. The molecule has 2 aliphatic carbocycles. The van der Waals surface area contributed by atoms with Gasteiger partial charge in [0.1, 0.15) is 5.82 Å². The number of nitrogens with zero attached hydrogens (tertiary/aromatic N) is 4. The highest BCUT2D eigenvalue weighted by Crippen LogP contribution is 2.41. The van der Waals surface area contributed by atoms with Crippen molar-refractivity contribution in [2.75, 3.05) is 19.6 Å². The van der Waals surface area contributed by atoms with Gasteiger partial charge in [-0.2, -0.15) is 5.10 Å². The molecule has 0 atom stereocenters. The van der Waals surface area contributed by atoms with Gasteiger partial charge in [-0.3, -0.25) is 4.98 Å². The molecule has 3 aliphatic heterocycles. The Bertz CT molecular complexity index is 677. The van der Waals surface area contributed by atoms with Crippen molar-refractivity contribution in [2.45, 2.75) is 56.5 Å². The van der Waals surface area contributed by atoms with E-state index in [9.17, 15) is 9.59 Å². The second kappa shape index (κ2) is 4.85. The average Bonchev–Trinajstić information content (AvgIpc) is 3.00. The molecule has 0 unspecified atom stereocenters. The normalized spacial score (nSPS) is 30.6. The first-order valence-electron chi connectivity index (χ1n) is 8.93. The summed E-state index contributed by atoms with van der Waals surface area (Å²) >= 11 is 0. The SMILES string of the molecule is O=C(N1CCC(n2nc(C3CC3)[nH]c2=O)CC1)N1CC2CC1C2. The minimum Gasteiger partial charge on any atom is -0.324 e. The molecule has 1 N–H and O–H groups in total. The lowest BCUT2D eigenvalue weighted by molar-refractivity contribution is 0.129. The van der Waals surface area contributed by atoms with Crippen LogP contribution in [0.4, 0.5) is 4.79 Å². The number of likely N-dealkylation sites (tertiary alicyclic amines) is 1. The number of piperidine rings is 1. The van der Waals surface area contributed by atoms with E-state index in [0.29, 0.717) is 12.0 Å². The van der Waals surface area contributed by atoms with E-state index in [1.807, 2.05) is 4.90 Å². The molecular weight excluding hydrogens is 294 g/mol. The highest BCUT2D eigenvalue weighted by molar-refractivity contribution is 5.75. The third kappa shape index (κ3) is 2.20. The number of fused-ring (bicyclic) bond motifs is 1. The van der Waals surface area contributed by atoms with Gasteiger partial charge in [0.25, 0.3) is 0 Å². The second-order valence-electron chi connectivity index (χ2n) is 7.68. The molecule has 0 spiro atoms. The number of nitrogens with one attached hydrogen (secondary N) is 1. The molecule has 23 heavy (non-hydrogen) atoms. The Balaban J connectivity index is 1.24. The lowest BCUT2D eigenvalue weighted by Crippen LogP contribution is -2.48. The number of carbonyl (C=O) groups excluding carboxylic acids is 1. The molecule has 2 bridgehead atoms. The number of amides is 2. The third-order valence-electron chi connectivity index (χ3n) is 6.06. The van der Waals surface area contributed by atoms with Crippen molar-refractivity contribution in [1.29, 1.82) is 0 Å². The first-order chi connectivity index (χ1) is 11.2. The van der Waals surface area contributed by atoms with Crippen LogP contribution in [0.2, 0.25) is 0 Å². The minimum atomic E-state index is -0.0861. The van der Waals surface area contributed by atoms with E-state index in [2.05, 4.69) is 15.0 Å². The van der Waals surface area contributed by atoms with Crippen LogP contribution in [0.15, 0.2) is 4.79 Å². The van der Waals surface area contributed by atoms with E-state index < -0.39 is 0 Å². The molecule has 3 saturated heterocycles. The van der Waals surface area contributed by atoms with E-state index >= 15 is 0 Å². The van der Waals surface area contributed by atoms with Crippen molar-refractivity contribution in [3.05, 3.63) is 16.3 Å². The number of hydrogen-bond donors (Lipinski definition) is 1. The largest absolute Gasteiger partial charge is 0.343 e. The smallest absolute Gasteiger partial charge is 0.324 e. The highest BCUT2D eigenvalue weighted by atomic mass is 16.2. The molecule has 5 aliphatic rings. The number of urea groups is 1. The zero-order valence-corrected chi connectivity index (χ0v) is 13.3. The van der Waals surface area contributed by atoms with Crippen LogP contribution in [0.1, 0.15) is 56.3 Å². The number of carbonyl (C=O) groups is 1. The lowest BCUT2D eigenvalue weighted by Gasteiger charge is -2.35. The van der Waals surface area contributed by atoms with E-state index in [-0.39, 0.29) is 17.8 Å². The predicted molar refractivity (Wildman–Crippen MR) is 83.3 cm³/mol. The van der Waals surface area contributed by atoms with Gasteiger partial charge in [-0.15, -0.1) is 0 Å². The van der Waals surface area contributed by atoms with Crippen LogP contribution in [0, 0.1) is 5.92 Å². The summed E-state index contributed by atoms with van der Waals surface area (Å²) in [5.74, 6) is 2.07. The maximum absolute atomic E-state index is 12.6. The molecule has 6 rings (SSSR count). The molecule has 2 saturated carbocycles. The zero-order valence-electron chi connectivity index (χ0n) is 13.3. The molecule has 0 aromatic carbocycles. The number of aromatic amines is 1. The Hall–Kier alpha value is -1.79. The topological polar surface area (TPSA) is 74.2 Å².